The van der Waals surface area contributed by atoms with Crippen LogP contribution in [-0.2, 0) is 6.54 Å². The van der Waals surface area contributed by atoms with Gasteiger partial charge >= 0.3 is 0 Å². The molecule has 3 nitrogen and oxygen atoms in total. The van der Waals surface area contributed by atoms with Gasteiger partial charge in [0, 0.05) is 12.6 Å². The molecule has 0 saturated heterocycles. The highest BCUT2D eigenvalue weighted by molar-refractivity contribution is 8.01. The van der Waals surface area contributed by atoms with Crippen molar-refractivity contribution in [3.63, 3.8) is 0 Å². The molecule has 102 valence electrons. The Bertz CT molecular complexity index is 555. The quantitative estimate of drug-likeness (QED) is 0.914. The minimum absolute atomic E-state index is 0.207. The van der Waals surface area contributed by atoms with Crippen molar-refractivity contribution in [3.05, 3.63) is 35.4 Å². The molecule has 2 rings (SSSR count). The maximum absolute atomic E-state index is 14.0. The first-order valence-corrected chi connectivity index (χ1v) is 7.63. The number of rotatable bonds is 5. The topological polar surface area (TPSA) is 37.8 Å². The van der Waals surface area contributed by atoms with Gasteiger partial charge < -0.3 is 5.32 Å². The molecule has 19 heavy (non-hydrogen) atoms. The van der Waals surface area contributed by atoms with Crippen molar-refractivity contribution in [2.75, 3.05) is 0 Å². The maximum Gasteiger partial charge on any atom is 0.174 e. The molecule has 1 aromatic carbocycles. The van der Waals surface area contributed by atoms with Gasteiger partial charge in [-0.1, -0.05) is 31.7 Å². The molecule has 1 N–H and O–H groups in total. The van der Waals surface area contributed by atoms with Crippen LogP contribution in [-0.4, -0.2) is 15.4 Å². The van der Waals surface area contributed by atoms with E-state index in [1.165, 1.54) is 23.3 Å². The van der Waals surface area contributed by atoms with Crippen molar-refractivity contribution in [2.45, 2.75) is 42.6 Å². The van der Waals surface area contributed by atoms with Gasteiger partial charge in [0.2, 0.25) is 0 Å². The average Bonchev–Trinajstić information content (AvgIpc) is 2.75. The zero-order valence-corrected chi connectivity index (χ0v) is 12.7. The fourth-order valence-corrected chi connectivity index (χ4v) is 3.09. The minimum Gasteiger partial charge on any atom is -0.310 e. The maximum atomic E-state index is 14.0. The van der Waals surface area contributed by atoms with Crippen LogP contribution in [0.25, 0.3) is 0 Å². The number of aromatic nitrogens is 2. The zero-order chi connectivity index (χ0) is 13.8. The predicted molar refractivity (Wildman–Crippen MR) is 77.1 cm³/mol. The first-order valence-electron chi connectivity index (χ1n) is 6.04. The number of hydrogen-bond acceptors (Lipinski definition) is 5. The number of aryl methyl sites for hydroxylation is 1. The molecule has 1 aromatic heterocycles. The van der Waals surface area contributed by atoms with Gasteiger partial charge in [-0.3, -0.25) is 0 Å². The second-order valence-corrected chi connectivity index (χ2v) is 6.55. The SMILES string of the molecule is Cc1nsc(Sc2ccc(CNC(C)C)cc2F)n1. The molecular formula is C13H16FN3S2. The van der Waals surface area contributed by atoms with E-state index in [-0.39, 0.29) is 5.82 Å². The van der Waals surface area contributed by atoms with Crippen molar-refractivity contribution in [1.82, 2.24) is 14.7 Å². The normalized spacial score (nSPS) is 11.2. The lowest BCUT2D eigenvalue weighted by molar-refractivity contribution is 0.574. The van der Waals surface area contributed by atoms with E-state index in [0.29, 0.717) is 17.5 Å². The van der Waals surface area contributed by atoms with Gasteiger partial charge in [0.15, 0.2) is 4.34 Å². The molecule has 0 atom stereocenters. The summed E-state index contributed by atoms with van der Waals surface area (Å²) in [7, 11) is 0. The number of nitrogens with zero attached hydrogens (tertiary/aromatic N) is 2. The molecule has 0 aliphatic rings. The molecule has 6 heteroatoms. The van der Waals surface area contributed by atoms with E-state index in [9.17, 15) is 4.39 Å². The number of nitrogens with one attached hydrogen (secondary N) is 1. The summed E-state index contributed by atoms with van der Waals surface area (Å²) in [6.07, 6.45) is 0. The number of benzene rings is 1. The summed E-state index contributed by atoms with van der Waals surface area (Å²) in [6, 6.07) is 5.70. The lowest BCUT2D eigenvalue weighted by atomic mass is 10.2. The van der Waals surface area contributed by atoms with Crippen molar-refractivity contribution in [1.29, 1.82) is 0 Å². The molecule has 0 radical (unpaired) electrons. The third kappa shape index (κ3) is 4.26. The van der Waals surface area contributed by atoms with Crippen molar-refractivity contribution >= 4 is 23.3 Å². The summed E-state index contributed by atoms with van der Waals surface area (Å²) >= 11 is 2.61. The van der Waals surface area contributed by atoms with Crippen LogP contribution in [0.1, 0.15) is 25.2 Å². The highest BCUT2D eigenvalue weighted by atomic mass is 32.2. The Hall–Kier alpha value is -0.980. The van der Waals surface area contributed by atoms with Crippen molar-refractivity contribution in [2.24, 2.45) is 0 Å². The fraction of sp³-hybridized carbons (Fsp3) is 0.385. The predicted octanol–water partition coefficient (Wildman–Crippen LogP) is 3.63. The van der Waals surface area contributed by atoms with Gasteiger partial charge in [-0.2, -0.15) is 4.37 Å². The van der Waals surface area contributed by atoms with E-state index in [1.807, 2.05) is 13.0 Å². The molecule has 0 spiro atoms. The lowest BCUT2D eigenvalue weighted by Crippen LogP contribution is -2.21. The molecule has 0 fully saturated rings. The highest BCUT2D eigenvalue weighted by Crippen LogP contribution is 2.31. The van der Waals surface area contributed by atoms with Gasteiger partial charge in [0.05, 0.1) is 4.90 Å². The van der Waals surface area contributed by atoms with Gasteiger partial charge in [-0.25, -0.2) is 9.37 Å². The van der Waals surface area contributed by atoms with Crippen LogP contribution in [0.5, 0.6) is 0 Å². The van der Waals surface area contributed by atoms with E-state index in [1.54, 1.807) is 12.1 Å². The Morgan fingerprint density at radius 2 is 2.21 bits per heavy atom. The van der Waals surface area contributed by atoms with Crippen LogP contribution >= 0.6 is 23.3 Å². The lowest BCUT2D eigenvalue weighted by Gasteiger charge is -2.09. The van der Waals surface area contributed by atoms with Gasteiger partial charge in [0.25, 0.3) is 0 Å². The fourth-order valence-electron chi connectivity index (χ4n) is 1.47. The molecule has 0 aliphatic carbocycles. The van der Waals surface area contributed by atoms with E-state index < -0.39 is 0 Å². The molecule has 0 unspecified atom stereocenters. The Labute approximate surface area is 120 Å². The molecule has 1 heterocycles. The molecule has 0 bridgehead atoms. The van der Waals surface area contributed by atoms with E-state index in [4.69, 9.17) is 0 Å². The van der Waals surface area contributed by atoms with E-state index in [0.717, 1.165) is 15.7 Å². The Kier molecular flexibility index (Phi) is 4.90. The summed E-state index contributed by atoms with van der Waals surface area (Å²) < 4.78 is 18.8. The number of halogens is 1. The average molecular weight is 297 g/mol. The van der Waals surface area contributed by atoms with Crippen LogP contribution in [0.4, 0.5) is 4.39 Å². The Morgan fingerprint density at radius 1 is 1.42 bits per heavy atom. The second-order valence-electron chi connectivity index (χ2n) is 4.51. The first kappa shape index (κ1) is 14.4. The first-order chi connectivity index (χ1) is 9.04. The third-order valence-electron chi connectivity index (χ3n) is 2.42. The largest absolute Gasteiger partial charge is 0.310 e. The van der Waals surface area contributed by atoms with E-state index >= 15 is 0 Å². The third-order valence-corrected chi connectivity index (χ3v) is 4.31. The zero-order valence-electron chi connectivity index (χ0n) is 11.1. The molecule has 0 saturated carbocycles. The summed E-state index contributed by atoms with van der Waals surface area (Å²) in [6.45, 7) is 6.64. The van der Waals surface area contributed by atoms with Crippen molar-refractivity contribution < 1.29 is 4.39 Å². The van der Waals surface area contributed by atoms with Gasteiger partial charge in [0.1, 0.15) is 11.6 Å². The highest BCUT2D eigenvalue weighted by Gasteiger charge is 2.09. The Morgan fingerprint density at radius 3 is 2.79 bits per heavy atom. The summed E-state index contributed by atoms with van der Waals surface area (Å²) in [5, 5.41) is 3.27. The van der Waals surface area contributed by atoms with Crippen LogP contribution < -0.4 is 5.32 Å². The summed E-state index contributed by atoms with van der Waals surface area (Å²) in [5.41, 5.74) is 0.948. The standard InChI is InChI=1S/C13H16FN3S2/c1-8(2)15-7-10-4-5-12(11(14)6-10)18-13-16-9(3)17-19-13/h4-6,8,15H,7H2,1-3H3. The number of hydrogen-bond donors (Lipinski definition) is 1. The monoisotopic (exact) mass is 297 g/mol. The molecule has 2 aromatic rings. The molecular weight excluding hydrogens is 281 g/mol. The summed E-state index contributed by atoms with van der Waals surface area (Å²) in [5.74, 6) is 0.520. The van der Waals surface area contributed by atoms with Crippen molar-refractivity contribution in [3.8, 4) is 0 Å². The molecule has 0 aliphatic heterocycles. The summed E-state index contributed by atoms with van der Waals surface area (Å²) in [4.78, 5) is 4.81. The van der Waals surface area contributed by atoms with Gasteiger partial charge in [-0.15, -0.1) is 0 Å². The smallest absolute Gasteiger partial charge is 0.174 e. The van der Waals surface area contributed by atoms with Crippen LogP contribution in [0.3, 0.4) is 0 Å². The molecule has 0 amide bonds. The second kappa shape index (κ2) is 6.45. The van der Waals surface area contributed by atoms with Crippen LogP contribution in [0.2, 0.25) is 0 Å². The van der Waals surface area contributed by atoms with Gasteiger partial charge in [-0.05, 0) is 36.2 Å². The van der Waals surface area contributed by atoms with Crippen LogP contribution in [0, 0.1) is 12.7 Å². The minimum atomic E-state index is -0.207. The van der Waals surface area contributed by atoms with E-state index in [2.05, 4.69) is 28.5 Å². The Balaban J connectivity index is 2.06. The van der Waals surface area contributed by atoms with Crippen LogP contribution in [0.15, 0.2) is 27.4 Å².